The molecule has 216 valence electrons. The van der Waals surface area contributed by atoms with E-state index in [9.17, 15) is 23.9 Å². The molecule has 2 unspecified atom stereocenters. The van der Waals surface area contributed by atoms with Crippen molar-refractivity contribution in [1.82, 2.24) is 14.9 Å². The number of esters is 1. The summed E-state index contributed by atoms with van der Waals surface area (Å²) in [5.74, 6) is -1.33. The van der Waals surface area contributed by atoms with Crippen LogP contribution in [0.3, 0.4) is 0 Å². The molecule has 0 bridgehead atoms. The molecule has 2 N–H and O–H groups in total. The van der Waals surface area contributed by atoms with Gasteiger partial charge in [-0.25, -0.2) is 14.2 Å². The van der Waals surface area contributed by atoms with Gasteiger partial charge in [0, 0.05) is 29.0 Å². The number of rotatable bonds is 4. The van der Waals surface area contributed by atoms with Crippen molar-refractivity contribution in [3.8, 4) is 11.4 Å². The summed E-state index contributed by atoms with van der Waals surface area (Å²) in [5.41, 5.74) is 1.48. The summed E-state index contributed by atoms with van der Waals surface area (Å²) in [6, 6.07) is 2.53. The summed E-state index contributed by atoms with van der Waals surface area (Å²) in [6.45, 7) is 9.94. The summed E-state index contributed by atoms with van der Waals surface area (Å²) < 4.78 is 21.7. The standard InChI is InChI=1S/C31H33ClFN3O5/c1-6-31(40)18-10-22-27-16(12-36(22)28(38)17(18)13-41-29(31)39)25-20(34-23(37)9-14(2)30(3,4)5)8-7-15-24(25)21(35-27)11-19(33)26(15)32/h10-11,14,20,40H,6-9,12-13H2,1-5H3,(H,34,37)/t14?,20?,31-/m0/s1. The van der Waals surface area contributed by atoms with Crippen LogP contribution in [0.15, 0.2) is 16.9 Å². The zero-order valence-electron chi connectivity index (χ0n) is 23.8. The van der Waals surface area contributed by atoms with Crippen molar-refractivity contribution in [1.29, 1.82) is 0 Å². The van der Waals surface area contributed by atoms with Gasteiger partial charge >= 0.3 is 5.97 Å². The summed E-state index contributed by atoms with van der Waals surface area (Å²) in [7, 11) is 0. The smallest absolute Gasteiger partial charge is 0.343 e. The third-order valence-electron chi connectivity index (χ3n) is 9.35. The Bertz CT molecular complexity index is 1730. The van der Waals surface area contributed by atoms with Gasteiger partial charge in [-0.05, 0) is 47.8 Å². The Morgan fingerprint density at radius 3 is 2.71 bits per heavy atom. The summed E-state index contributed by atoms with van der Waals surface area (Å²) >= 11 is 6.44. The number of nitrogens with zero attached hydrogens (tertiary/aromatic N) is 2. The van der Waals surface area contributed by atoms with Crippen molar-refractivity contribution in [2.45, 2.75) is 85.1 Å². The van der Waals surface area contributed by atoms with Crippen molar-refractivity contribution in [3.05, 3.63) is 61.1 Å². The van der Waals surface area contributed by atoms with E-state index in [0.29, 0.717) is 47.1 Å². The Morgan fingerprint density at radius 2 is 2.02 bits per heavy atom. The van der Waals surface area contributed by atoms with Gasteiger partial charge in [0.2, 0.25) is 5.91 Å². The molecule has 1 amide bonds. The highest BCUT2D eigenvalue weighted by atomic mass is 35.5. The fourth-order valence-corrected chi connectivity index (χ4v) is 6.58. The summed E-state index contributed by atoms with van der Waals surface area (Å²) in [5, 5.41) is 15.2. The molecular weight excluding hydrogens is 549 g/mol. The van der Waals surface area contributed by atoms with E-state index in [1.165, 1.54) is 6.07 Å². The lowest BCUT2D eigenvalue weighted by molar-refractivity contribution is -0.172. The van der Waals surface area contributed by atoms with E-state index in [-0.39, 0.29) is 64.6 Å². The van der Waals surface area contributed by atoms with Crippen LogP contribution in [0, 0.1) is 17.2 Å². The predicted molar refractivity (Wildman–Crippen MR) is 152 cm³/mol. The number of halogens is 2. The SMILES string of the molecule is CC[C@@]1(O)C(=O)OCc2c1cc1n(c2=O)Cc2c-1nc1cc(F)c(Cl)c3c1c2C(NC(=O)CC(C)C(C)(C)C)CC3. The Hall–Kier alpha value is -3.30. The predicted octanol–water partition coefficient (Wildman–Crippen LogP) is 5.05. The average Bonchev–Trinajstić information content (AvgIpc) is 3.28. The van der Waals surface area contributed by atoms with Crippen LogP contribution in [0.5, 0.6) is 0 Å². The number of carbonyl (C=O) groups excluding carboxylic acids is 2. The van der Waals surface area contributed by atoms with Gasteiger partial charge in [0.15, 0.2) is 5.60 Å². The molecule has 1 aromatic carbocycles. The molecule has 41 heavy (non-hydrogen) atoms. The molecular formula is C31H33ClFN3O5. The zero-order valence-corrected chi connectivity index (χ0v) is 24.5. The second-order valence-corrected chi connectivity index (χ2v) is 13.0. The number of hydrogen-bond acceptors (Lipinski definition) is 6. The van der Waals surface area contributed by atoms with Crippen molar-refractivity contribution in [2.24, 2.45) is 11.3 Å². The number of benzene rings is 1. The first-order chi connectivity index (χ1) is 19.3. The van der Waals surface area contributed by atoms with Crippen LogP contribution in [-0.2, 0) is 39.5 Å². The molecule has 0 fully saturated rings. The maximum Gasteiger partial charge on any atom is 0.343 e. The molecule has 1 aliphatic carbocycles. The maximum absolute atomic E-state index is 15.0. The van der Waals surface area contributed by atoms with E-state index in [4.69, 9.17) is 21.3 Å². The number of carbonyl (C=O) groups is 2. The van der Waals surface area contributed by atoms with Gasteiger partial charge in [0.05, 0.1) is 40.1 Å². The van der Waals surface area contributed by atoms with E-state index in [1.54, 1.807) is 17.6 Å². The summed E-state index contributed by atoms with van der Waals surface area (Å²) in [6.07, 6.45) is 1.35. The lowest BCUT2D eigenvalue weighted by atomic mass is 9.79. The molecule has 0 radical (unpaired) electrons. The first-order valence-corrected chi connectivity index (χ1v) is 14.4. The van der Waals surface area contributed by atoms with Crippen LogP contribution in [0.4, 0.5) is 4.39 Å². The van der Waals surface area contributed by atoms with Gasteiger partial charge < -0.3 is 19.7 Å². The zero-order chi connectivity index (χ0) is 29.6. The Morgan fingerprint density at radius 1 is 1.29 bits per heavy atom. The minimum absolute atomic E-state index is 0.0269. The van der Waals surface area contributed by atoms with E-state index in [1.807, 2.05) is 0 Å². The topological polar surface area (TPSA) is 111 Å². The number of cyclic esters (lactones) is 1. The number of aliphatic hydroxyl groups is 1. The quantitative estimate of drug-likeness (QED) is 0.326. The van der Waals surface area contributed by atoms with Crippen LogP contribution in [0.25, 0.3) is 22.3 Å². The van der Waals surface area contributed by atoms with Crippen LogP contribution < -0.4 is 10.9 Å². The van der Waals surface area contributed by atoms with Crippen LogP contribution >= 0.6 is 11.6 Å². The largest absolute Gasteiger partial charge is 0.458 e. The van der Waals surface area contributed by atoms with Gasteiger partial charge in [-0.2, -0.15) is 0 Å². The van der Waals surface area contributed by atoms with Crippen LogP contribution in [0.1, 0.15) is 87.7 Å². The first-order valence-electron chi connectivity index (χ1n) is 14.1. The summed E-state index contributed by atoms with van der Waals surface area (Å²) in [4.78, 5) is 44.3. The Kier molecular flexibility index (Phi) is 6.36. The van der Waals surface area contributed by atoms with Gasteiger partial charge in [-0.15, -0.1) is 0 Å². The molecule has 8 nitrogen and oxygen atoms in total. The molecule has 4 heterocycles. The van der Waals surface area contributed by atoms with E-state index in [0.717, 1.165) is 11.1 Å². The highest BCUT2D eigenvalue weighted by Gasteiger charge is 2.46. The number of aryl methyl sites for hydroxylation is 1. The maximum atomic E-state index is 15.0. The van der Waals surface area contributed by atoms with Crippen LogP contribution in [0.2, 0.25) is 5.02 Å². The minimum Gasteiger partial charge on any atom is -0.458 e. The number of nitrogens with one attached hydrogen (secondary N) is 1. The van der Waals surface area contributed by atoms with Gasteiger partial charge in [-0.3, -0.25) is 9.59 Å². The number of ether oxygens (including phenoxy) is 1. The van der Waals surface area contributed by atoms with E-state index >= 15 is 0 Å². The minimum atomic E-state index is -1.96. The molecule has 0 saturated heterocycles. The first kappa shape index (κ1) is 27.8. The lowest BCUT2D eigenvalue weighted by Gasteiger charge is -2.31. The molecule has 2 aliphatic heterocycles. The second kappa shape index (κ2) is 9.36. The normalized spacial score (nSPS) is 21.7. The number of fused-ring (bicyclic) bond motifs is 5. The van der Waals surface area contributed by atoms with Crippen LogP contribution in [-0.4, -0.2) is 26.5 Å². The molecule has 2 aromatic heterocycles. The Balaban J connectivity index is 1.54. The van der Waals surface area contributed by atoms with Crippen molar-refractivity contribution < 1.29 is 23.8 Å². The molecule has 0 spiro atoms. The van der Waals surface area contributed by atoms with Gasteiger partial charge in [0.1, 0.15) is 12.4 Å². The fourth-order valence-electron chi connectivity index (χ4n) is 6.34. The molecule has 10 heteroatoms. The van der Waals surface area contributed by atoms with Crippen molar-refractivity contribution in [2.75, 3.05) is 0 Å². The number of aromatic nitrogens is 2. The van der Waals surface area contributed by atoms with Gasteiger partial charge in [0.25, 0.3) is 5.56 Å². The second-order valence-electron chi connectivity index (χ2n) is 12.6. The van der Waals surface area contributed by atoms with Gasteiger partial charge in [-0.1, -0.05) is 46.2 Å². The highest BCUT2D eigenvalue weighted by Crippen LogP contribution is 2.47. The Labute approximate surface area is 241 Å². The number of hydrogen-bond donors (Lipinski definition) is 2. The van der Waals surface area contributed by atoms with E-state index < -0.39 is 17.4 Å². The third kappa shape index (κ3) is 4.11. The molecule has 0 saturated carbocycles. The molecule has 3 aromatic rings. The van der Waals surface area contributed by atoms with Crippen molar-refractivity contribution >= 4 is 34.4 Å². The molecule has 3 aliphatic rings. The van der Waals surface area contributed by atoms with Crippen molar-refractivity contribution in [3.63, 3.8) is 0 Å². The molecule has 6 rings (SSSR count). The highest BCUT2D eigenvalue weighted by molar-refractivity contribution is 6.32. The number of amides is 1. The van der Waals surface area contributed by atoms with E-state index in [2.05, 4.69) is 33.0 Å². The monoisotopic (exact) mass is 581 g/mol. The molecule has 3 atom stereocenters. The fraction of sp³-hybridized carbons (Fsp3) is 0.484. The average molecular weight is 582 g/mol. The third-order valence-corrected chi connectivity index (χ3v) is 9.76. The lowest BCUT2D eigenvalue weighted by Crippen LogP contribution is -2.44. The number of pyridine rings is 2.